The molecular formula is C21H24O10. The van der Waals surface area contributed by atoms with E-state index in [9.17, 15) is 34.8 Å². The summed E-state index contributed by atoms with van der Waals surface area (Å²) in [6, 6.07) is 2.22. The number of carboxylic acid groups (broad SMARTS) is 1. The maximum Gasteiger partial charge on any atom is 0.342 e. The van der Waals surface area contributed by atoms with Crippen molar-refractivity contribution in [1.82, 2.24) is 0 Å². The van der Waals surface area contributed by atoms with Crippen molar-refractivity contribution in [1.29, 1.82) is 0 Å². The number of carbonyl (C=O) groups excluding carboxylic acids is 2. The number of hydrogen-bond acceptors (Lipinski definition) is 9. The first-order valence-electron chi connectivity index (χ1n) is 9.64. The van der Waals surface area contributed by atoms with Crippen LogP contribution in [0, 0.1) is 6.92 Å². The molecule has 0 spiro atoms. The molecule has 1 aromatic rings. The first-order valence-corrected chi connectivity index (χ1v) is 9.64. The Bertz CT molecular complexity index is 953. The number of Topliss-reactive ketones (excluding diaryl/α,β-unsaturated/α-hetero) is 1. The van der Waals surface area contributed by atoms with Crippen LogP contribution in [0.2, 0.25) is 0 Å². The largest absolute Gasteiger partial charge is 0.508 e. The van der Waals surface area contributed by atoms with Crippen molar-refractivity contribution in [2.45, 2.75) is 57.0 Å². The third-order valence-electron chi connectivity index (χ3n) is 5.68. The van der Waals surface area contributed by atoms with Gasteiger partial charge in [0, 0.05) is 30.9 Å². The molecule has 5 N–H and O–H groups in total. The predicted molar refractivity (Wildman–Crippen MR) is 103 cm³/mol. The summed E-state index contributed by atoms with van der Waals surface area (Å²) < 4.78 is 10.7. The number of benzene rings is 1. The minimum Gasteiger partial charge on any atom is -0.508 e. The third kappa shape index (κ3) is 4.41. The number of aryl methyl sites for hydroxylation is 1. The molecule has 2 aliphatic rings. The van der Waals surface area contributed by atoms with Crippen molar-refractivity contribution in [3.63, 3.8) is 0 Å². The maximum atomic E-state index is 12.8. The van der Waals surface area contributed by atoms with Crippen molar-refractivity contribution in [2.75, 3.05) is 6.61 Å². The Kier molecular flexibility index (Phi) is 5.83. The lowest BCUT2D eigenvalue weighted by atomic mass is 9.75. The lowest BCUT2D eigenvalue weighted by Gasteiger charge is -2.42. The Morgan fingerprint density at radius 1 is 1.26 bits per heavy atom. The van der Waals surface area contributed by atoms with Crippen LogP contribution in [-0.2, 0) is 19.1 Å². The number of carboxylic acids is 1. The molecule has 168 valence electrons. The van der Waals surface area contributed by atoms with E-state index in [-0.39, 0.29) is 54.7 Å². The Balaban J connectivity index is 1.85. The zero-order valence-electron chi connectivity index (χ0n) is 17.0. The van der Waals surface area contributed by atoms with Crippen molar-refractivity contribution in [2.24, 2.45) is 0 Å². The number of ether oxygens (including phenoxy) is 2. The maximum absolute atomic E-state index is 12.8. The number of aliphatic hydroxyl groups is 2. The van der Waals surface area contributed by atoms with Crippen molar-refractivity contribution < 1.29 is 49.4 Å². The fourth-order valence-electron chi connectivity index (χ4n) is 3.92. The lowest BCUT2D eigenvalue weighted by molar-refractivity contribution is -0.213. The van der Waals surface area contributed by atoms with Crippen LogP contribution in [0.1, 0.15) is 48.5 Å². The molecule has 0 radical (unpaired) electrons. The Morgan fingerprint density at radius 2 is 1.94 bits per heavy atom. The third-order valence-corrected chi connectivity index (χ3v) is 5.68. The van der Waals surface area contributed by atoms with E-state index in [1.54, 1.807) is 0 Å². The van der Waals surface area contributed by atoms with Gasteiger partial charge in [0.05, 0.1) is 13.0 Å². The van der Waals surface area contributed by atoms with Crippen LogP contribution in [0.25, 0.3) is 0 Å². The number of ketones is 1. The number of esters is 1. The molecule has 0 fully saturated rings. The van der Waals surface area contributed by atoms with Crippen LogP contribution in [0.5, 0.6) is 11.5 Å². The number of aromatic hydroxyl groups is 2. The summed E-state index contributed by atoms with van der Waals surface area (Å²) in [5, 5.41) is 49.7. The molecule has 1 aliphatic heterocycles. The molecule has 0 aromatic heterocycles. The van der Waals surface area contributed by atoms with Gasteiger partial charge in [-0.3, -0.25) is 9.59 Å². The fraction of sp³-hybridized carbons (Fsp3) is 0.476. The topological polar surface area (TPSA) is 171 Å². The van der Waals surface area contributed by atoms with Gasteiger partial charge in [-0.1, -0.05) is 5.57 Å². The second-order valence-electron chi connectivity index (χ2n) is 8.12. The fourth-order valence-corrected chi connectivity index (χ4v) is 3.92. The standard InChI is InChI=1S/C21H24O10/c1-10-5-12(22)7-14(23)17(10)19(27)31-15-6-11-8-21(29,4-3-16(24)25)30-9-13(11)18(26)20(15,2)28/h5,7,15,22-23,28-29H,3-4,6,8-9H2,1-2H3,(H,24,25). The van der Waals surface area contributed by atoms with E-state index in [4.69, 9.17) is 14.6 Å². The highest BCUT2D eigenvalue weighted by Gasteiger charge is 2.51. The second kappa shape index (κ2) is 7.95. The molecular weight excluding hydrogens is 412 g/mol. The zero-order chi connectivity index (χ0) is 23.1. The molecule has 31 heavy (non-hydrogen) atoms. The summed E-state index contributed by atoms with van der Waals surface area (Å²) >= 11 is 0. The predicted octanol–water partition coefficient (Wildman–Crippen LogP) is 0.926. The number of aliphatic carboxylic acids is 1. The molecule has 0 amide bonds. The average molecular weight is 436 g/mol. The molecule has 0 saturated carbocycles. The lowest BCUT2D eigenvalue weighted by Crippen LogP contribution is -2.55. The minimum atomic E-state index is -2.07. The van der Waals surface area contributed by atoms with Gasteiger partial charge < -0.3 is 35.0 Å². The summed E-state index contributed by atoms with van der Waals surface area (Å²) in [5.41, 5.74) is -1.50. The minimum absolute atomic E-state index is 0.0869. The van der Waals surface area contributed by atoms with Gasteiger partial charge >= 0.3 is 11.9 Å². The SMILES string of the molecule is Cc1cc(O)cc(O)c1C(=O)OC1CC2=C(COC(O)(CCC(=O)O)C2)C(=O)C1(C)O. The van der Waals surface area contributed by atoms with Crippen LogP contribution < -0.4 is 0 Å². The van der Waals surface area contributed by atoms with E-state index in [0.29, 0.717) is 5.57 Å². The number of phenols is 2. The number of phenolic OH excluding ortho intramolecular Hbond substituents is 2. The van der Waals surface area contributed by atoms with E-state index in [0.717, 1.165) is 6.07 Å². The normalized spacial score (nSPS) is 28.3. The molecule has 10 nitrogen and oxygen atoms in total. The average Bonchev–Trinajstić information content (AvgIpc) is 2.64. The molecule has 1 aliphatic carbocycles. The molecule has 3 atom stereocenters. The smallest absolute Gasteiger partial charge is 0.342 e. The van der Waals surface area contributed by atoms with Gasteiger partial charge in [-0.05, 0) is 25.5 Å². The molecule has 3 unspecified atom stereocenters. The van der Waals surface area contributed by atoms with Crippen LogP contribution in [0.3, 0.4) is 0 Å². The molecule has 1 heterocycles. The van der Waals surface area contributed by atoms with E-state index in [1.165, 1.54) is 19.9 Å². The Labute approximate surface area is 177 Å². The van der Waals surface area contributed by atoms with Gasteiger partial charge in [-0.15, -0.1) is 0 Å². The summed E-state index contributed by atoms with van der Waals surface area (Å²) in [7, 11) is 0. The Morgan fingerprint density at radius 3 is 2.55 bits per heavy atom. The van der Waals surface area contributed by atoms with Crippen molar-refractivity contribution in [3.05, 3.63) is 34.4 Å². The van der Waals surface area contributed by atoms with Gasteiger partial charge in [0.25, 0.3) is 0 Å². The van der Waals surface area contributed by atoms with Crippen molar-refractivity contribution >= 4 is 17.7 Å². The van der Waals surface area contributed by atoms with Crippen molar-refractivity contribution in [3.8, 4) is 11.5 Å². The van der Waals surface area contributed by atoms with E-state index in [1.807, 2.05) is 0 Å². The van der Waals surface area contributed by atoms with Crippen LogP contribution in [0.4, 0.5) is 0 Å². The first-order chi connectivity index (χ1) is 14.3. The zero-order valence-corrected chi connectivity index (χ0v) is 17.0. The number of carbonyl (C=O) groups is 3. The second-order valence-corrected chi connectivity index (χ2v) is 8.12. The quantitative estimate of drug-likeness (QED) is 0.418. The summed E-state index contributed by atoms with van der Waals surface area (Å²) in [6.07, 6.45) is -2.12. The van der Waals surface area contributed by atoms with E-state index in [2.05, 4.69) is 0 Å². The molecule has 0 bridgehead atoms. The van der Waals surface area contributed by atoms with Crippen LogP contribution >= 0.6 is 0 Å². The number of rotatable bonds is 5. The van der Waals surface area contributed by atoms with Gasteiger partial charge in [0.2, 0.25) is 0 Å². The van der Waals surface area contributed by atoms with E-state index < -0.39 is 41.0 Å². The van der Waals surface area contributed by atoms with Gasteiger partial charge in [-0.2, -0.15) is 0 Å². The van der Waals surface area contributed by atoms with Gasteiger partial charge in [-0.25, -0.2) is 4.79 Å². The molecule has 10 heteroatoms. The monoisotopic (exact) mass is 436 g/mol. The van der Waals surface area contributed by atoms with Crippen LogP contribution in [0.15, 0.2) is 23.3 Å². The summed E-state index contributed by atoms with van der Waals surface area (Å²) in [6.45, 7) is 2.37. The van der Waals surface area contributed by atoms with Crippen LogP contribution in [-0.4, -0.2) is 67.4 Å². The van der Waals surface area contributed by atoms with Gasteiger partial charge in [0.1, 0.15) is 23.2 Å². The first kappa shape index (κ1) is 22.7. The highest BCUT2D eigenvalue weighted by atomic mass is 16.6. The molecule has 0 saturated heterocycles. The van der Waals surface area contributed by atoms with E-state index >= 15 is 0 Å². The molecule has 1 aromatic carbocycles. The summed E-state index contributed by atoms with van der Waals surface area (Å²) in [4.78, 5) is 36.3. The summed E-state index contributed by atoms with van der Waals surface area (Å²) in [5.74, 6) is -5.39. The number of hydrogen-bond donors (Lipinski definition) is 5. The van der Waals surface area contributed by atoms with Gasteiger partial charge in [0.15, 0.2) is 17.2 Å². The molecule has 3 rings (SSSR count). The Hall–Kier alpha value is -2.95. The highest BCUT2D eigenvalue weighted by molar-refractivity contribution is 6.04. The highest BCUT2D eigenvalue weighted by Crippen LogP contribution is 2.41.